The second-order valence-electron chi connectivity index (χ2n) is 7.38. The van der Waals surface area contributed by atoms with Crippen molar-refractivity contribution in [1.82, 2.24) is 20.4 Å². The molecule has 4 fully saturated rings. The van der Waals surface area contributed by atoms with Gasteiger partial charge in [0.2, 0.25) is 0 Å². The molecule has 20 heavy (non-hydrogen) atoms. The van der Waals surface area contributed by atoms with Gasteiger partial charge in [-0.05, 0) is 65.7 Å². The molecule has 0 unspecified atom stereocenters. The van der Waals surface area contributed by atoms with Gasteiger partial charge in [0.05, 0.1) is 0 Å². The van der Waals surface area contributed by atoms with Crippen LogP contribution in [0.3, 0.4) is 0 Å². The zero-order valence-corrected chi connectivity index (χ0v) is 13.3. The first-order valence-electron chi connectivity index (χ1n) is 8.58. The maximum absolute atomic E-state index is 3.64. The molecule has 0 spiro atoms. The number of likely N-dealkylation sites (N-methyl/N-ethyl adjacent to an activating group) is 2. The Morgan fingerprint density at radius 1 is 0.600 bits per heavy atom. The summed E-state index contributed by atoms with van der Waals surface area (Å²) in [6.45, 7) is 5.09. The van der Waals surface area contributed by atoms with E-state index in [0.717, 1.165) is 24.2 Å². The Balaban J connectivity index is 0.000000121. The number of nitrogens with one attached hydrogen (secondary N) is 2. The van der Waals surface area contributed by atoms with Gasteiger partial charge in [0.15, 0.2) is 0 Å². The van der Waals surface area contributed by atoms with Crippen LogP contribution in [0.1, 0.15) is 38.5 Å². The molecule has 2 N–H and O–H groups in total. The second-order valence-corrected chi connectivity index (χ2v) is 7.38. The van der Waals surface area contributed by atoms with Crippen LogP contribution < -0.4 is 10.6 Å². The van der Waals surface area contributed by atoms with Crippen LogP contribution in [0.25, 0.3) is 0 Å². The Morgan fingerprint density at radius 2 is 1.00 bits per heavy atom. The van der Waals surface area contributed by atoms with Crippen LogP contribution in [-0.4, -0.2) is 74.2 Å². The molecule has 0 aromatic rings. The van der Waals surface area contributed by atoms with E-state index in [2.05, 4.69) is 34.5 Å². The second kappa shape index (κ2) is 6.73. The van der Waals surface area contributed by atoms with Gasteiger partial charge in [-0.1, -0.05) is 0 Å². The molecule has 0 aliphatic carbocycles. The molecule has 4 nitrogen and oxygen atoms in total. The van der Waals surface area contributed by atoms with E-state index in [-0.39, 0.29) is 0 Å². The van der Waals surface area contributed by atoms with Gasteiger partial charge in [0.25, 0.3) is 0 Å². The van der Waals surface area contributed by atoms with Crippen LogP contribution in [0.15, 0.2) is 0 Å². The summed E-state index contributed by atoms with van der Waals surface area (Å²) < 4.78 is 0. The molecule has 0 saturated carbocycles. The number of likely N-dealkylation sites (tertiary alicyclic amines) is 2. The average molecular weight is 280 g/mol. The van der Waals surface area contributed by atoms with E-state index in [1.807, 2.05) is 0 Å². The molecular weight excluding hydrogens is 248 g/mol. The van der Waals surface area contributed by atoms with Crippen molar-refractivity contribution < 1.29 is 0 Å². The molecule has 0 radical (unpaired) electrons. The van der Waals surface area contributed by atoms with E-state index in [1.165, 1.54) is 64.7 Å². The number of hydrogen-bond acceptors (Lipinski definition) is 4. The third kappa shape index (κ3) is 3.94. The average Bonchev–Trinajstić information content (AvgIpc) is 2.93. The summed E-state index contributed by atoms with van der Waals surface area (Å²) in [6.07, 6.45) is 8.33. The van der Waals surface area contributed by atoms with E-state index >= 15 is 0 Å². The van der Waals surface area contributed by atoms with Gasteiger partial charge in [0.1, 0.15) is 0 Å². The molecule has 4 atom stereocenters. The molecule has 116 valence electrons. The van der Waals surface area contributed by atoms with Crippen molar-refractivity contribution in [1.29, 1.82) is 0 Å². The van der Waals surface area contributed by atoms with Gasteiger partial charge in [-0.3, -0.25) is 0 Å². The lowest BCUT2D eigenvalue weighted by molar-refractivity contribution is 0.313. The van der Waals surface area contributed by atoms with E-state index in [4.69, 9.17) is 0 Å². The summed E-state index contributed by atoms with van der Waals surface area (Å²) in [5.41, 5.74) is 0. The van der Waals surface area contributed by atoms with E-state index in [9.17, 15) is 0 Å². The van der Waals surface area contributed by atoms with Crippen LogP contribution in [0.4, 0.5) is 0 Å². The van der Waals surface area contributed by atoms with Crippen LogP contribution >= 0.6 is 0 Å². The Kier molecular flexibility index (Phi) is 4.97. The van der Waals surface area contributed by atoms with E-state index < -0.39 is 0 Å². The molecule has 4 heteroatoms. The summed E-state index contributed by atoms with van der Waals surface area (Å²) in [5, 5.41) is 7.28. The smallest absolute Gasteiger partial charge is 0.0198 e. The molecule has 0 aromatic carbocycles. The number of fused-ring (bicyclic) bond motifs is 4. The van der Waals surface area contributed by atoms with Gasteiger partial charge >= 0.3 is 0 Å². The first-order valence-corrected chi connectivity index (χ1v) is 8.58. The predicted octanol–water partition coefficient (Wildman–Crippen LogP) is 0.885. The molecule has 4 heterocycles. The lowest BCUT2D eigenvalue weighted by atomic mass is 10.1. The summed E-state index contributed by atoms with van der Waals surface area (Å²) in [7, 11) is 4.45. The number of rotatable bonds is 0. The quantitative estimate of drug-likeness (QED) is 0.690. The summed E-state index contributed by atoms with van der Waals surface area (Å²) in [6, 6.07) is 3.29. The van der Waals surface area contributed by atoms with Gasteiger partial charge in [-0.25, -0.2) is 0 Å². The lowest BCUT2D eigenvalue weighted by Gasteiger charge is -2.17. The van der Waals surface area contributed by atoms with Crippen molar-refractivity contribution in [2.45, 2.75) is 62.7 Å². The minimum atomic E-state index is 0.803. The highest BCUT2D eigenvalue weighted by Crippen LogP contribution is 2.19. The molecule has 0 amide bonds. The normalized spacial score (nSPS) is 41.7. The Morgan fingerprint density at radius 3 is 1.45 bits per heavy atom. The van der Waals surface area contributed by atoms with Crippen LogP contribution in [0.2, 0.25) is 0 Å². The van der Waals surface area contributed by atoms with Crippen molar-refractivity contribution in [3.8, 4) is 0 Å². The fourth-order valence-electron chi connectivity index (χ4n) is 4.24. The van der Waals surface area contributed by atoms with E-state index in [0.29, 0.717) is 0 Å². The minimum Gasteiger partial charge on any atom is -0.310 e. The van der Waals surface area contributed by atoms with Crippen molar-refractivity contribution in [2.75, 3.05) is 40.3 Å². The van der Waals surface area contributed by atoms with Gasteiger partial charge in [0, 0.05) is 37.3 Å². The Bertz CT molecular complexity index is 279. The number of hydrogen-bond donors (Lipinski definition) is 2. The molecular formula is C16H32N4. The van der Waals surface area contributed by atoms with Crippen LogP contribution in [0, 0.1) is 0 Å². The van der Waals surface area contributed by atoms with Crippen molar-refractivity contribution >= 4 is 0 Å². The fourth-order valence-corrected chi connectivity index (χ4v) is 4.24. The maximum atomic E-state index is 3.64. The van der Waals surface area contributed by atoms with Crippen molar-refractivity contribution in [3.05, 3.63) is 0 Å². The summed E-state index contributed by atoms with van der Waals surface area (Å²) >= 11 is 0. The summed E-state index contributed by atoms with van der Waals surface area (Å²) in [4.78, 5) is 4.88. The SMILES string of the molecule is CN1CC[C@@H]2CC[C@H](C1)N2.CN1CC[C@H]2CC[C@@H](C1)N2. The zero-order chi connectivity index (χ0) is 13.9. The third-order valence-electron chi connectivity index (χ3n) is 5.45. The maximum Gasteiger partial charge on any atom is 0.0198 e. The van der Waals surface area contributed by atoms with Gasteiger partial charge in [-0.15, -0.1) is 0 Å². The highest BCUT2D eigenvalue weighted by atomic mass is 15.2. The highest BCUT2D eigenvalue weighted by molar-refractivity contribution is 4.89. The number of nitrogens with zero attached hydrogens (tertiary/aromatic N) is 2. The largest absolute Gasteiger partial charge is 0.310 e. The third-order valence-corrected chi connectivity index (χ3v) is 5.45. The fraction of sp³-hybridized carbons (Fsp3) is 1.00. The molecule has 4 aliphatic heterocycles. The lowest BCUT2D eigenvalue weighted by Crippen LogP contribution is -2.33. The predicted molar refractivity (Wildman–Crippen MR) is 84.1 cm³/mol. The van der Waals surface area contributed by atoms with Gasteiger partial charge in [-0.2, -0.15) is 0 Å². The van der Waals surface area contributed by atoms with Crippen molar-refractivity contribution in [2.24, 2.45) is 0 Å². The van der Waals surface area contributed by atoms with Crippen molar-refractivity contribution in [3.63, 3.8) is 0 Å². The first kappa shape index (κ1) is 14.8. The zero-order valence-electron chi connectivity index (χ0n) is 13.3. The molecule has 4 rings (SSSR count). The Hall–Kier alpha value is -0.160. The summed E-state index contributed by atoms with van der Waals surface area (Å²) in [5.74, 6) is 0. The van der Waals surface area contributed by atoms with Crippen LogP contribution in [0.5, 0.6) is 0 Å². The first-order chi connectivity index (χ1) is 9.69. The topological polar surface area (TPSA) is 30.5 Å². The van der Waals surface area contributed by atoms with Gasteiger partial charge < -0.3 is 20.4 Å². The standard InChI is InChI=1S/2C8H16N2/c2*1-10-5-4-7-2-3-8(6-10)9-7/h2*7-9H,2-6H2,1H3/t2*7-,8+/m10/s1. The minimum absolute atomic E-state index is 0.803. The Labute approximate surface area is 124 Å². The molecule has 4 aliphatic rings. The molecule has 0 aromatic heterocycles. The monoisotopic (exact) mass is 280 g/mol. The molecule has 4 bridgehead atoms. The van der Waals surface area contributed by atoms with E-state index in [1.54, 1.807) is 0 Å². The van der Waals surface area contributed by atoms with Crippen LogP contribution in [-0.2, 0) is 0 Å². The highest BCUT2D eigenvalue weighted by Gasteiger charge is 2.28. The molecule has 4 saturated heterocycles.